The second-order valence-corrected chi connectivity index (χ2v) is 2.85. The Bertz CT molecular complexity index is 368. The quantitative estimate of drug-likeness (QED) is 0.721. The van der Waals surface area contributed by atoms with Gasteiger partial charge in [-0.3, -0.25) is 0 Å². The van der Waals surface area contributed by atoms with Gasteiger partial charge in [-0.2, -0.15) is 0 Å². The minimum absolute atomic E-state index is 0.482. The van der Waals surface area contributed by atoms with Gasteiger partial charge in [0.15, 0.2) is 0 Å². The highest BCUT2D eigenvalue weighted by molar-refractivity contribution is 6.29. The molecule has 0 saturated heterocycles. The zero-order valence-corrected chi connectivity index (χ0v) is 7.42. The molecule has 5 heteroatoms. The molecule has 0 aliphatic rings. The normalized spacial score (nSPS) is 9.92. The van der Waals surface area contributed by atoms with Crippen LogP contribution < -0.4 is 5.32 Å². The first-order chi connectivity index (χ1) is 6.34. The van der Waals surface area contributed by atoms with Crippen LogP contribution in [0.1, 0.15) is 0 Å². The summed E-state index contributed by atoms with van der Waals surface area (Å²) in [5, 5.41) is 3.55. The van der Waals surface area contributed by atoms with Crippen molar-refractivity contribution < 1.29 is 0 Å². The van der Waals surface area contributed by atoms with Crippen LogP contribution in [0.5, 0.6) is 0 Å². The minimum atomic E-state index is 0.482. The number of nitrogens with one attached hydrogen (secondary N) is 2. The van der Waals surface area contributed by atoms with Crippen LogP contribution in [0.3, 0.4) is 0 Å². The van der Waals surface area contributed by atoms with Gasteiger partial charge in [0.25, 0.3) is 0 Å². The van der Waals surface area contributed by atoms with Crippen LogP contribution in [0.25, 0.3) is 0 Å². The zero-order valence-electron chi connectivity index (χ0n) is 6.66. The number of hydrogen-bond acceptors (Lipinski definition) is 3. The number of rotatable bonds is 2. The van der Waals surface area contributed by atoms with Crippen molar-refractivity contribution in [1.82, 2.24) is 15.0 Å². The van der Waals surface area contributed by atoms with Crippen LogP contribution in [0.15, 0.2) is 30.9 Å². The topological polar surface area (TPSA) is 53.6 Å². The number of hydrogen-bond donors (Lipinski definition) is 2. The molecule has 0 unspecified atom stereocenters. The molecule has 0 fully saturated rings. The molecule has 0 atom stereocenters. The molecule has 2 N–H and O–H groups in total. The molecule has 2 aromatic heterocycles. The highest BCUT2D eigenvalue weighted by Crippen LogP contribution is 2.13. The molecule has 4 nitrogen and oxygen atoms in total. The van der Waals surface area contributed by atoms with Crippen molar-refractivity contribution >= 4 is 23.1 Å². The van der Waals surface area contributed by atoms with E-state index in [1.807, 2.05) is 6.07 Å². The van der Waals surface area contributed by atoms with E-state index in [4.69, 9.17) is 11.6 Å². The number of pyridine rings is 1. The summed E-state index contributed by atoms with van der Waals surface area (Å²) in [4.78, 5) is 10.7. The molecule has 0 saturated carbocycles. The number of aromatic amines is 1. The summed E-state index contributed by atoms with van der Waals surface area (Å²) in [6.45, 7) is 0. The summed E-state index contributed by atoms with van der Waals surface area (Å²) in [6.07, 6.45) is 4.95. The van der Waals surface area contributed by atoms with Gasteiger partial charge in [-0.15, -0.1) is 0 Å². The lowest BCUT2D eigenvalue weighted by Crippen LogP contribution is -1.90. The summed E-state index contributed by atoms with van der Waals surface area (Å²) < 4.78 is 0. The SMILES string of the molecule is Clc1ccc(Nc2cnc[nH]2)cn1. The first-order valence-electron chi connectivity index (χ1n) is 3.71. The minimum Gasteiger partial charge on any atom is -0.339 e. The van der Waals surface area contributed by atoms with E-state index in [2.05, 4.69) is 20.3 Å². The second kappa shape index (κ2) is 3.45. The summed E-state index contributed by atoms with van der Waals surface area (Å²) in [5.74, 6) is 0.823. The predicted molar refractivity (Wildman–Crippen MR) is 51.1 cm³/mol. The number of imidazole rings is 1. The lowest BCUT2D eigenvalue weighted by molar-refractivity contribution is 1.29. The van der Waals surface area contributed by atoms with E-state index in [1.165, 1.54) is 0 Å². The van der Waals surface area contributed by atoms with E-state index < -0.39 is 0 Å². The molecule has 0 aliphatic heterocycles. The molecule has 66 valence electrons. The van der Waals surface area contributed by atoms with Crippen molar-refractivity contribution in [1.29, 1.82) is 0 Å². The number of nitrogens with zero attached hydrogens (tertiary/aromatic N) is 2. The maximum atomic E-state index is 5.63. The van der Waals surface area contributed by atoms with E-state index in [1.54, 1.807) is 24.8 Å². The molecular formula is C8H7ClN4. The van der Waals surface area contributed by atoms with E-state index in [0.29, 0.717) is 5.15 Å². The molecule has 0 aliphatic carbocycles. The van der Waals surface area contributed by atoms with Gasteiger partial charge in [0, 0.05) is 0 Å². The fraction of sp³-hybridized carbons (Fsp3) is 0. The molecule has 0 spiro atoms. The van der Waals surface area contributed by atoms with Crippen molar-refractivity contribution in [3.63, 3.8) is 0 Å². The Morgan fingerprint density at radius 2 is 2.23 bits per heavy atom. The number of anilines is 2. The van der Waals surface area contributed by atoms with Gasteiger partial charge in [-0.1, -0.05) is 11.6 Å². The summed E-state index contributed by atoms with van der Waals surface area (Å²) in [5.41, 5.74) is 0.869. The van der Waals surface area contributed by atoms with Gasteiger partial charge in [0.2, 0.25) is 0 Å². The molecule has 2 heterocycles. The highest BCUT2D eigenvalue weighted by Gasteiger charge is 1.95. The van der Waals surface area contributed by atoms with Crippen molar-refractivity contribution in [2.45, 2.75) is 0 Å². The smallest absolute Gasteiger partial charge is 0.129 e. The van der Waals surface area contributed by atoms with Crippen LogP contribution in [0.4, 0.5) is 11.5 Å². The maximum Gasteiger partial charge on any atom is 0.129 e. The molecule has 2 aromatic rings. The van der Waals surface area contributed by atoms with Gasteiger partial charge < -0.3 is 10.3 Å². The highest BCUT2D eigenvalue weighted by atomic mass is 35.5. The van der Waals surface area contributed by atoms with Crippen molar-refractivity contribution in [2.75, 3.05) is 5.32 Å². The monoisotopic (exact) mass is 194 g/mol. The standard InChI is InChI=1S/C8H7ClN4/c9-7-2-1-6(3-11-7)13-8-4-10-5-12-8/h1-5,13H,(H,10,12). The molecule has 0 bridgehead atoms. The van der Waals surface area contributed by atoms with E-state index in [0.717, 1.165) is 11.5 Å². The molecule has 13 heavy (non-hydrogen) atoms. The second-order valence-electron chi connectivity index (χ2n) is 2.46. The molecule has 0 radical (unpaired) electrons. The number of H-pyrrole nitrogens is 1. The largest absolute Gasteiger partial charge is 0.339 e. The van der Waals surface area contributed by atoms with Crippen LogP contribution in [0, 0.1) is 0 Å². The van der Waals surface area contributed by atoms with Crippen molar-refractivity contribution in [3.8, 4) is 0 Å². The van der Waals surface area contributed by atoms with Crippen LogP contribution >= 0.6 is 11.6 Å². The summed E-state index contributed by atoms with van der Waals surface area (Å²) in [6, 6.07) is 3.57. The molecular weight excluding hydrogens is 188 g/mol. The lowest BCUT2D eigenvalue weighted by Gasteiger charge is -2.01. The van der Waals surface area contributed by atoms with Gasteiger partial charge in [0.1, 0.15) is 11.0 Å². The Balaban J connectivity index is 2.15. The van der Waals surface area contributed by atoms with Crippen LogP contribution in [-0.2, 0) is 0 Å². The Hall–Kier alpha value is -1.55. The Labute approximate surface area is 80.0 Å². The van der Waals surface area contributed by atoms with Crippen molar-refractivity contribution in [2.24, 2.45) is 0 Å². The van der Waals surface area contributed by atoms with E-state index in [-0.39, 0.29) is 0 Å². The molecule has 0 amide bonds. The van der Waals surface area contributed by atoms with Gasteiger partial charge >= 0.3 is 0 Å². The van der Waals surface area contributed by atoms with Gasteiger partial charge in [0.05, 0.1) is 24.4 Å². The average molecular weight is 195 g/mol. The predicted octanol–water partition coefficient (Wildman–Crippen LogP) is 2.20. The third kappa shape index (κ3) is 1.97. The van der Waals surface area contributed by atoms with Gasteiger partial charge in [-0.05, 0) is 12.1 Å². The maximum absolute atomic E-state index is 5.63. The average Bonchev–Trinajstić information content (AvgIpc) is 2.62. The molecule has 0 aromatic carbocycles. The Kier molecular flexibility index (Phi) is 2.14. The summed E-state index contributed by atoms with van der Waals surface area (Å²) in [7, 11) is 0. The van der Waals surface area contributed by atoms with Crippen LogP contribution in [-0.4, -0.2) is 15.0 Å². The first kappa shape index (κ1) is 8.07. The zero-order chi connectivity index (χ0) is 9.10. The Morgan fingerprint density at radius 3 is 2.85 bits per heavy atom. The fourth-order valence-electron chi connectivity index (χ4n) is 0.930. The summed E-state index contributed by atoms with van der Waals surface area (Å²) >= 11 is 5.63. The number of aromatic nitrogens is 3. The fourth-order valence-corrected chi connectivity index (χ4v) is 1.04. The van der Waals surface area contributed by atoms with E-state index >= 15 is 0 Å². The molecule has 2 rings (SSSR count). The third-order valence-corrected chi connectivity index (χ3v) is 1.73. The van der Waals surface area contributed by atoms with Gasteiger partial charge in [-0.25, -0.2) is 9.97 Å². The van der Waals surface area contributed by atoms with Crippen LogP contribution in [0.2, 0.25) is 5.15 Å². The number of halogens is 1. The van der Waals surface area contributed by atoms with Crippen molar-refractivity contribution in [3.05, 3.63) is 36.0 Å². The third-order valence-electron chi connectivity index (χ3n) is 1.50. The lowest BCUT2D eigenvalue weighted by atomic mass is 10.4. The van der Waals surface area contributed by atoms with E-state index in [9.17, 15) is 0 Å². The first-order valence-corrected chi connectivity index (χ1v) is 4.09. The Morgan fingerprint density at radius 1 is 1.31 bits per heavy atom.